The molecule has 19 heavy (non-hydrogen) atoms. The standard InChI is InChI=1S/C12H11N3O4/c16-14(17)8-11(12-5-2-6-13-12)9-3-1-4-10(7-9)15(18)19/h1-7,11,13H,8H2/t11-/m1/s1. The zero-order valence-electron chi connectivity index (χ0n) is 9.85. The van der Waals surface area contributed by atoms with Gasteiger partial charge in [0, 0.05) is 28.9 Å². The van der Waals surface area contributed by atoms with Crippen LogP contribution in [0.4, 0.5) is 5.69 Å². The van der Waals surface area contributed by atoms with Crippen LogP contribution < -0.4 is 0 Å². The summed E-state index contributed by atoms with van der Waals surface area (Å²) in [4.78, 5) is 23.5. The third-order valence-electron chi connectivity index (χ3n) is 2.81. The predicted octanol–water partition coefficient (Wildman–Crippen LogP) is 2.33. The second-order valence-corrected chi connectivity index (χ2v) is 4.05. The van der Waals surface area contributed by atoms with Crippen LogP contribution in [0.2, 0.25) is 0 Å². The minimum atomic E-state index is -0.523. The fourth-order valence-corrected chi connectivity index (χ4v) is 1.95. The molecule has 1 heterocycles. The van der Waals surface area contributed by atoms with Crippen molar-refractivity contribution in [2.24, 2.45) is 0 Å². The number of nitro benzene ring substituents is 1. The largest absolute Gasteiger partial charge is 0.364 e. The van der Waals surface area contributed by atoms with Crippen LogP contribution in [-0.4, -0.2) is 21.4 Å². The van der Waals surface area contributed by atoms with Gasteiger partial charge in [0.25, 0.3) is 5.69 Å². The van der Waals surface area contributed by atoms with Gasteiger partial charge in [0.2, 0.25) is 6.54 Å². The number of H-pyrrole nitrogens is 1. The smallest absolute Gasteiger partial charge is 0.269 e. The van der Waals surface area contributed by atoms with E-state index in [0.29, 0.717) is 11.3 Å². The van der Waals surface area contributed by atoms with Gasteiger partial charge in [-0.25, -0.2) is 0 Å². The van der Waals surface area contributed by atoms with E-state index in [9.17, 15) is 20.2 Å². The fourth-order valence-electron chi connectivity index (χ4n) is 1.95. The van der Waals surface area contributed by atoms with Crippen LogP contribution in [0.5, 0.6) is 0 Å². The van der Waals surface area contributed by atoms with Gasteiger partial charge in [-0.05, 0) is 17.7 Å². The molecule has 0 saturated carbocycles. The van der Waals surface area contributed by atoms with E-state index in [4.69, 9.17) is 0 Å². The van der Waals surface area contributed by atoms with Crippen molar-refractivity contribution in [3.63, 3.8) is 0 Å². The zero-order chi connectivity index (χ0) is 13.8. The highest BCUT2D eigenvalue weighted by Gasteiger charge is 2.22. The topological polar surface area (TPSA) is 102 Å². The first-order chi connectivity index (χ1) is 9.08. The highest BCUT2D eigenvalue weighted by Crippen LogP contribution is 2.26. The number of hydrogen-bond acceptors (Lipinski definition) is 4. The van der Waals surface area contributed by atoms with E-state index in [1.807, 2.05) is 0 Å². The van der Waals surface area contributed by atoms with Crippen LogP contribution in [0.3, 0.4) is 0 Å². The van der Waals surface area contributed by atoms with E-state index in [-0.39, 0.29) is 12.2 Å². The lowest BCUT2D eigenvalue weighted by atomic mass is 9.95. The van der Waals surface area contributed by atoms with E-state index in [1.54, 1.807) is 24.4 Å². The molecule has 0 spiro atoms. The van der Waals surface area contributed by atoms with Crippen LogP contribution >= 0.6 is 0 Å². The summed E-state index contributed by atoms with van der Waals surface area (Å²) in [5, 5.41) is 21.5. The number of rotatable bonds is 5. The molecule has 1 atom stereocenters. The van der Waals surface area contributed by atoms with Gasteiger partial charge in [-0.2, -0.15) is 0 Å². The van der Waals surface area contributed by atoms with Gasteiger partial charge in [-0.3, -0.25) is 20.2 Å². The molecule has 0 amide bonds. The summed E-state index contributed by atoms with van der Waals surface area (Å²) in [5.41, 5.74) is 1.14. The van der Waals surface area contributed by atoms with Crippen molar-refractivity contribution in [3.05, 3.63) is 74.1 Å². The van der Waals surface area contributed by atoms with Crippen molar-refractivity contribution in [1.29, 1.82) is 0 Å². The Balaban J connectivity index is 2.40. The fraction of sp³-hybridized carbons (Fsp3) is 0.167. The van der Waals surface area contributed by atoms with Crippen LogP contribution in [0, 0.1) is 20.2 Å². The number of benzene rings is 1. The van der Waals surface area contributed by atoms with Crippen LogP contribution in [0.15, 0.2) is 42.6 Å². The van der Waals surface area contributed by atoms with E-state index in [2.05, 4.69) is 4.98 Å². The van der Waals surface area contributed by atoms with E-state index in [0.717, 1.165) is 0 Å². The number of non-ortho nitro benzene ring substituents is 1. The summed E-state index contributed by atoms with van der Waals surface area (Å²) in [7, 11) is 0. The highest BCUT2D eigenvalue weighted by atomic mass is 16.6. The Morgan fingerprint density at radius 3 is 2.53 bits per heavy atom. The molecule has 7 nitrogen and oxygen atoms in total. The summed E-state index contributed by atoms with van der Waals surface area (Å²) < 4.78 is 0. The van der Waals surface area contributed by atoms with Crippen molar-refractivity contribution >= 4 is 5.69 Å². The average Bonchev–Trinajstić information content (AvgIpc) is 2.89. The van der Waals surface area contributed by atoms with Crippen molar-refractivity contribution < 1.29 is 9.85 Å². The number of aromatic amines is 1. The van der Waals surface area contributed by atoms with Crippen LogP contribution in [-0.2, 0) is 0 Å². The normalized spacial score (nSPS) is 12.0. The van der Waals surface area contributed by atoms with Gasteiger partial charge in [-0.15, -0.1) is 0 Å². The summed E-state index contributed by atoms with van der Waals surface area (Å²) in [5.74, 6) is -0.523. The maximum Gasteiger partial charge on any atom is 0.269 e. The van der Waals surface area contributed by atoms with Gasteiger partial charge < -0.3 is 4.98 Å². The molecule has 0 aliphatic carbocycles. The summed E-state index contributed by atoms with van der Waals surface area (Å²) in [6.07, 6.45) is 1.67. The number of nitrogens with zero attached hydrogens (tertiary/aromatic N) is 2. The maximum atomic E-state index is 10.8. The lowest BCUT2D eigenvalue weighted by Gasteiger charge is -2.11. The molecule has 2 aromatic rings. The molecule has 0 aliphatic heterocycles. The molecule has 1 aromatic heterocycles. The molecule has 0 bridgehead atoms. The number of nitrogens with one attached hydrogen (secondary N) is 1. The van der Waals surface area contributed by atoms with Gasteiger partial charge in [0.1, 0.15) is 0 Å². The Labute approximate surface area is 108 Å². The molecule has 2 rings (SSSR count). The summed E-state index contributed by atoms with van der Waals surface area (Å²) in [6.45, 7) is -0.318. The van der Waals surface area contributed by atoms with Crippen molar-refractivity contribution in [3.8, 4) is 0 Å². The first-order valence-corrected chi connectivity index (χ1v) is 5.57. The third kappa shape index (κ3) is 2.95. The SMILES string of the molecule is O=[N+]([O-])C[C@H](c1cccc([N+](=O)[O-])c1)c1ccc[nH]1. The molecular weight excluding hydrogens is 250 g/mol. The lowest BCUT2D eigenvalue weighted by molar-refractivity contribution is -0.482. The molecule has 0 saturated heterocycles. The molecule has 0 fully saturated rings. The minimum absolute atomic E-state index is 0.0718. The van der Waals surface area contributed by atoms with Gasteiger partial charge in [-0.1, -0.05) is 12.1 Å². The molecule has 0 aliphatic rings. The molecule has 98 valence electrons. The molecule has 0 radical (unpaired) electrons. The molecule has 1 aromatic carbocycles. The Bertz CT molecular complexity index is 595. The lowest BCUT2D eigenvalue weighted by Crippen LogP contribution is -2.14. The number of nitro groups is 2. The number of hydrogen-bond donors (Lipinski definition) is 1. The quantitative estimate of drug-likeness (QED) is 0.659. The van der Waals surface area contributed by atoms with E-state index in [1.165, 1.54) is 18.2 Å². The zero-order valence-corrected chi connectivity index (χ0v) is 9.85. The second kappa shape index (κ2) is 5.30. The molecule has 7 heteroatoms. The number of aromatic nitrogens is 1. The van der Waals surface area contributed by atoms with Gasteiger partial charge in [0.15, 0.2) is 0 Å². The molecule has 0 unspecified atom stereocenters. The first-order valence-electron chi connectivity index (χ1n) is 5.57. The van der Waals surface area contributed by atoms with Gasteiger partial charge in [0.05, 0.1) is 10.8 Å². The predicted molar refractivity (Wildman–Crippen MR) is 67.6 cm³/mol. The molecular formula is C12H11N3O4. The van der Waals surface area contributed by atoms with Crippen LogP contribution in [0.1, 0.15) is 17.2 Å². The average molecular weight is 261 g/mol. The Kier molecular flexibility index (Phi) is 3.56. The van der Waals surface area contributed by atoms with Crippen molar-refractivity contribution in [2.75, 3.05) is 6.54 Å². The first kappa shape index (κ1) is 12.7. The summed E-state index contributed by atoms with van der Waals surface area (Å²) in [6, 6.07) is 9.38. The van der Waals surface area contributed by atoms with Crippen molar-refractivity contribution in [2.45, 2.75) is 5.92 Å². The highest BCUT2D eigenvalue weighted by molar-refractivity contribution is 5.39. The monoisotopic (exact) mass is 261 g/mol. The summed E-state index contributed by atoms with van der Waals surface area (Å²) >= 11 is 0. The van der Waals surface area contributed by atoms with E-state index < -0.39 is 15.8 Å². The maximum absolute atomic E-state index is 10.8. The Hall–Kier alpha value is -2.70. The Morgan fingerprint density at radius 2 is 1.95 bits per heavy atom. The van der Waals surface area contributed by atoms with E-state index >= 15 is 0 Å². The third-order valence-corrected chi connectivity index (χ3v) is 2.81. The minimum Gasteiger partial charge on any atom is -0.364 e. The second-order valence-electron chi connectivity index (χ2n) is 4.05. The Morgan fingerprint density at radius 1 is 1.16 bits per heavy atom. The van der Waals surface area contributed by atoms with Gasteiger partial charge >= 0.3 is 0 Å². The van der Waals surface area contributed by atoms with Crippen molar-refractivity contribution in [1.82, 2.24) is 4.98 Å². The van der Waals surface area contributed by atoms with Crippen LogP contribution in [0.25, 0.3) is 0 Å². The molecule has 1 N–H and O–H groups in total.